The summed E-state index contributed by atoms with van der Waals surface area (Å²) in [6.45, 7) is 0.681. The largest absolute Gasteiger partial charge is 0.405 e. The predicted molar refractivity (Wildman–Crippen MR) is 149 cm³/mol. The fourth-order valence-corrected chi connectivity index (χ4v) is 5.24. The number of pyridine rings is 1. The topological polar surface area (TPSA) is 71.1 Å². The number of rotatable bonds is 8. The molecule has 5 rings (SSSR count). The summed E-state index contributed by atoms with van der Waals surface area (Å²) in [4.78, 5) is 30.3. The SMILES string of the molecule is CCCCc1c(-c2ccc(NC(=O)c3ccccc3)nc2)ccc2c1C(C(=O)NCC(F)(F)F)c1ccccc1-2. The van der Waals surface area contributed by atoms with Crippen LogP contribution in [-0.4, -0.2) is 29.5 Å². The Balaban J connectivity index is 1.53. The molecule has 4 aromatic rings. The summed E-state index contributed by atoms with van der Waals surface area (Å²) in [6, 6.07) is 23.7. The summed E-state index contributed by atoms with van der Waals surface area (Å²) in [5.74, 6) is -1.40. The van der Waals surface area contributed by atoms with Crippen LogP contribution in [0.15, 0.2) is 85.1 Å². The zero-order valence-electron chi connectivity index (χ0n) is 21.9. The molecule has 0 fully saturated rings. The maximum atomic E-state index is 13.3. The fourth-order valence-electron chi connectivity index (χ4n) is 5.24. The van der Waals surface area contributed by atoms with Gasteiger partial charge in [0, 0.05) is 17.3 Å². The molecule has 2 N–H and O–H groups in total. The minimum absolute atomic E-state index is 0.271. The standard InChI is InChI=1S/C32H28F3N3O2/c1-2-3-11-24-22(21-14-17-27(36-18-21)38-30(39)20-9-5-4-6-10-20)15-16-26-23-12-7-8-13-25(23)29(28(24)26)31(40)37-19-32(33,34)35/h4-10,12-18,29H,2-3,11,19H2,1H3,(H,37,40)(H,36,38,39). The number of aromatic nitrogens is 1. The number of benzene rings is 3. The number of nitrogens with zero attached hydrogens (tertiary/aromatic N) is 1. The molecule has 0 bridgehead atoms. The third-order valence-electron chi connectivity index (χ3n) is 7.07. The monoisotopic (exact) mass is 543 g/mol. The van der Waals surface area contributed by atoms with Crippen LogP contribution in [0.5, 0.6) is 0 Å². The van der Waals surface area contributed by atoms with Crippen molar-refractivity contribution in [3.63, 3.8) is 0 Å². The molecule has 1 atom stereocenters. The zero-order valence-corrected chi connectivity index (χ0v) is 21.9. The number of fused-ring (bicyclic) bond motifs is 3. The van der Waals surface area contributed by atoms with Crippen molar-refractivity contribution in [3.05, 3.63) is 107 Å². The van der Waals surface area contributed by atoms with Gasteiger partial charge in [-0.25, -0.2) is 4.98 Å². The molecule has 0 saturated carbocycles. The molecule has 204 valence electrons. The number of hydrogen-bond acceptors (Lipinski definition) is 3. The van der Waals surface area contributed by atoms with Gasteiger partial charge in [0.25, 0.3) is 5.91 Å². The molecule has 1 aromatic heterocycles. The Labute approximate surface area is 230 Å². The van der Waals surface area contributed by atoms with Gasteiger partial charge in [-0.3, -0.25) is 9.59 Å². The van der Waals surface area contributed by atoms with Gasteiger partial charge in [0.15, 0.2) is 0 Å². The second-order valence-electron chi connectivity index (χ2n) is 9.76. The van der Waals surface area contributed by atoms with Crippen molar-refractivity contribution in [1.29, 1.82) is 0 Å². The number of carbonyl (C=O) groups excluding carboxylic acids is 2. The molecule has 0 aliphatic heterocycles. The zero-order chi connectivity index (χ0) is 28.3. The number of anilines is 1. The number of halogens is 3. The summed E-state index contributed by atoms with van der Waals surface area (Å²) in [6.07, 6.45) is -0.441. The Hall–Kier alpha value is -4.46. The van der Waals surface area contributed by atoms with Gasteiger partial charge in [-0.15, -0.1) is 0 Å². The van der Waals surface area contributed by atoms with E-state index in [4.69, 9.17) is 0 Å². The van der Waals surface area contributed by atoms with Crippen LogP contribution in [0.2, 0.25) is 0 Å². The van der Waals surface area contributed by atoms with Crippen LogP contribution in [0.25, 0.3) is 22.3 Å². The normalized spacial score (nSPS) is 13.8. The maximum absolute atomic E-state index is 13.3. The number of unbranched alkanes of at least 4 members (excludes halogenated alkanes) is 1. The van der Waals surface area contributed by atoms with E-state index >= 15 is 0 Å². The van der Waals surface area contributed by atoms with E-state index in [1.165, 1.54) is 0 Å². The molecule has 5 nitrogen and oxygen atoms in total. The average Bonchev–Trinajstić information content (AvgIpc) is 3.30. The minimum Gasteiger partial charge on any atom is -0.346 e. The number of carbonyl (C=O) groups is 2. The number of hydrogen-bond donors (Lipinski definition) is 2. The second kappa shape index (κ2) is 11.3. The van der Waals surface area contributed by atoms with Crippen LogP contribution in [0.3, 0.4) is 0 Å². The van der Waals surface area contributed by atoms with E-state index in [1.54, 1.807) is 42.6 Å². The number of nitrogens with one attached hydrogen (secondary N) is 2. The van der Waals surface area contributed by atoms with Gasteiger partial charge in [-0.05, 0) is 70.5 Å². The molecule has 40 heavy (non-hydrogen) atoms. The maximum Gasteiger partial charge on any atom is 0.405 e. The summed E-state index contributed by atoms with van der Waals surface area (Å²) in [5, 5.41) is 4.90. The van der Waals surface area contributed by atoms with Crippen molar-refractivity contribution >= 4 is 17.6 Å². The van der Waals surface area contributed by atoms with E-state index in [1.807, 2.05) is 42.5 Å². The van der Waals surface area contributed by atoms with E-state index < -0.39 is 24.5 Å². The van der Waals surface area contributed by atoms with Crippen molar-refractivity contribution in [2.24, 2.45) is 0 Å². The highest BCUT2D eigenvalue weighted by Gasteiger charge is 2.38. The smallest absolute Gasteiger partial charge is 0.346 e. The Bertz CT molecular complexity index is 1530. The highest BCUT2D eigenvalue weighted by Crippen LogP contribution is 2.49. The van der Waals surface area contributed by atoms with E-state index in [9.17, 15) is 22.8 Å². The van der Waals surface area contributed by atoms with Crippen molar-refractivity contribution in [2.45, 2.75) is 38.3 Å². The minimum atomic E-state index is -4.51. The predicted octanol–water partition coefficient (Wildman–Crippen LogP) is 7.13. The van der Waals surface area contributed by atoms with Crippen molar-refractivity contribution in [2.75, 3.05) is 11.9 Å². The van der Waals surface area contributed by atoms with Gasteiger partial charge in [0.1, 0.15) is 12.4 Å². The molecular weight excluding hydrogens is 515 g/mol. The van der Waals surface area contributed by atoms with Crippen LogP contribution in [0, 0.1) is 0 Å². The molecule has 1 aliphatic rings. The Morgan fingerprint density at radius 3 is 2.30 bits per heavy atom. The van der Waals surface area contributed by atoms with E-state index in [0.29, 0.717) is 23.4 Å². The van der Waals surface area contributed by atoms with E-state index in [0.717, 1.165) is 46.2 Å². The van der Waals surface area contributed by atoms with Crippen molar-refractivity contribution in [1.82, 2.24) is 10.3 Å². The van der Waals surface area contributed by atoms with Gasteiger partial charge in [-0.1, -0.05) is 67.9 Å². The first-order chi connectivity index (χ1) is 19.3. The molecule has 3 aromatic carbocycles. The summed E-state index contributed by atoms with van der Waals surface area (Å²) in [5.41, 5.74) is 6.24. The van der Waals surface area contributed by atoms with Crippen LogP contribution in [0.4, 0.5) is 19.0 Å². The van der Waals surface area contributed by atoms with Gasteiger partial charge >= 0.3 is 6.18 Å². The number of amides is 2. The molecule has 8 heteroatoms. The Morgan fingerprint density at radius 1 is 0.875 bits per heavy atom. The summed E-state index contributed by atoms with van der Waals surface area (Å²) < 4.78 is 39.0. The first-order valence-electron chi connectivity index (χ1n) is 13.2. The number of alkyl halides is 3. The molecule has 0 spiro atoms. The molecule has 1 unspecified atom stereocenters. The lowest BCUT2D eigenvalue weighted by Crippen LogP contribution is -2.37. The molecule has 0 saturated heterocycles. The van der Waals surface area contributed by atoms with Gasteiger partial charge < -0.3 is 10.6 Å². The van der Waals surface area contributed by atoms with Gasteiger partial charge in [0.2, 0.25) is 5.91 Å². The van der Waals surface area contributed by atoms with Gasteiger partial charge in [0.05, 0.1) is 5.92 Å². The van der Waals surface area contributed by atoms with Crippen molar-refractivity contribution < 1.29 is 22.8 Å². The van der Waals surface area contributed by atoms with Gasteiger partial charge in [-0.2, -0.15) is 13.2 Å². The van der Waals surface area contributed by atoms with Crippen LogP contribution in [-0.2, 0) is 11.2 Å². The Kier molecular flexibility index (Phi) is 7.69. The third kappa shape index (κ3) is 5.61. The lowest BCUT2D eigenvalue weighted by atomic mass is 9.85. The third-order valence-corrected chi connectivity index (χ3v) is 7.07. The molecule has 2 amide bonds. The van der Waals surface area contributed by atoms with Crippen LogP contribution in [0.1, 0.15) is 52.7 Å². The molecule has 1 heterocycles. The molecule has 0 radical (unpaired) electrons. The lowest BCUT2D eigenvalue weighted by molar-refractivity contribution is -0.138. The highest BCUT2D eigenvalue weighted by atomic mass is 19.4. The summed E-state index contributed by atoms with van der Waals surface area (Å²) >= 11 is 0. The molecular formula is C32H28F3N3O2. The quantitative estimate of drug-likeness (QED) is 0.248. The van der Waals surface area contributed by atoms with Crippen molar-refractivity contribution in [3.8, 4) is 22.3 Å². The van der Waals surface area contributed by atoms with E-state index in [-0.39, 0.29) is 5.91 Å². The first kappa shape index (κ1) is 27.1. The van der Waals surface area contributed by atoms with Crippen LogP contribution < -0.4 is 10.6 Å². The summed E-state index contributed by atoms with van der Waals surface area (Å²) in [7, 11) is 0. The second-order valence-corrected chi connectivity index (χ2v) is 9.76. The lowest BCUT2D eigenvalue weighted by Gasteiger charge is -2.21. The highest BCUT2D eigenvalue weighted by molar-refractivity contribution is 6.03. The Morgan fingerprint density at radius 2 is 1.60 bits per heavy atom. The molecule has 1 aliphatic carbocycles. The van der Waals surface area contributed by atoms with E-state index in [2.05, 4.69) is 22.5 Å². The fraction of sp³-hybridized carbons (Fsp3) is 0.219. The van der Waals surface area contributed by atoms with Crippen LogP contribution >= 0.6 is 0 Å². The average molecular weight is 544 g/mol. The first-order valence-corrected chi connectivity index (χ1v) is 13.2.